The van der Waals surface area contributed by atoms with Gasteiger partial charge in [0.2, 0.25) is 0 Å². The number of ether oxygens (including phenoxy) is 1. The van der Waals surface area contributed by atoms with Gasteiger partial charge in [0.25, 0.3) is 17.4 Å². The van der Waals surface area contributed by atoms with E-state index in [4.69, 9.17) is 4.74 Å². The van der Waals surface area contributed by atoms with E-state index in [1.165, 1.54) is 36.5 Å². The fraction of sp³-hybridized carbons (Fsp3) is 0.154. The standard InChI is InChI=1S/C26H21N3O7/c1-2-13-36-26(33)17-8-6-9-18(15-17)28-22(20-11-3-4-12-27-20)21(24(31)25(28)32)23(30)16-7-5-10-19(14-16)29(34)35/h3-12,14-15,22,30H,2,13H2,1H3/b23-21-. The lowest BCUT2D eigenvalue weighted by Gasteiger charge is -2.25. The second-order valence-electron chi connectivity index (χ2n) is 7.92. The second-order valence-corrected chi connectivity index (χ2v) is 7.92. The van der Waals surface area contributed by atoms with Crippen LogP contribution in [0, 0.1) is 10.1 Å². The van der Waals surface area contributed by atoms with Crippen molar-refractivity contribution in [2.24, 2.45) is 0 Å². The zero-order valence-corrected chi connectivity index (χ0v) is 19.2. The van der Waals surface area contributed by atoms with Gasteiger partial charge in [-0.1, -0.05) is 31.2 Å². The molecular formula is C26H21N3O7. The number of ketones is 1. The Kier molecular flexibility index (Phi) is 6.86. The van der Waals surface area contributed by atoms with E-state index >= 15 is 0 Å². The van der Waals surface area contributed by atoms with Crippen molar-refractivity contribution >= 4 is 34.8 Å². The molecule has 10 nitrogen and oxygen atoms in total. The third-order valence-electron chi connectivity index (χ3n) is 5.54. The molecule has 182 valence electrons. The van der Waals surface area contributed by atoms with Crippen molar-refractivity contribution in [1.29, 1.82) is 0 Å². The van der Waals surface area contributed by atoms with Crippen LogP contribution in [-0.4, -0.2) is 39.3 Å². The first kappa shape index (κ1) is 24.3. The number of aliphatic hydroxyl groups excluding tert-OH is 1. The SMILES string of the molecule is CCCOC(=O)c1cccc(N2C(=O)C(=O)/C(=C(\O)c3cccc([N+](=O)[O-])c3)C2c2ccccn2)c1. The molecule has 3 aromatic rings. The topological polar surface area (TPSA) is 140 Å². The molecule has 1 aliphatic rings. The van der Waals surface area contributed by atoms with E-state index in [-0.39, 0.29) is 40.4 Å². The van der Waals surface area contributed by atoms with Crippen LogP contribution in [0.3, 0.4) is 0 Å². The lowest BCUT2D eigenvalue weighted by Crippen LogP contribution is -2.30. The number of rotatable bonds is 7. The number of hydrogen-bond acceptors (Lipinski definition) is 8. The molecule has 1 N–H and O–H groups in total. The third kappa shape index (κ3) is 4.56. The maximum Gasteiger partial charge on any atom is 0.338 e. The quantitative estimate of drug-likeness (QED) is 0.131. The number of amides is 1. The first-order chi connectivity index (χ1) is 17.3. The van der Waals surface area contributed by atoms with Crippen LogP contribution < -0.4 is 4.90 Å². The molecule has 0 aliphatic carbocycles. The third-order valence-corrected chi connectivity index (χ3v) is 5.54. The summed E-state index contributed by atoms with van der Waals surface area (Å²) in [6.07, 6.45) is 2.11. The van der Waals surface area contributed by atoms with E-state index in [1.54, 1.807) is 30.3 Å². The Morgan fingerprint density at radius 3 is 2.53 bits per heavy atom. The number of aromatic nitrogens is 1. The molecule has 0 bridgehead atoms. The predicted octanol–water partition coefficient (Wildman–Crippen LogP) is 4.18. The van der Waals surface area contributed by atoms with Crippen LogP contribution in [0.15, 0.2) is 78.5 Å². The highest BCUT2D eigenvalue weighted by Crippen LogP contribution is 2.41. The van der Waals surface area contributed by atoms with Gasteiger partial charge in [-0.15, -0.1) is 0 Å². The van der Waals surface area contributed by atoms with Crippen molar-refractivity contribution in [2.75, 3.05) is 11.5 Å². The molecule has 36 heavy (non-hydrogen) atoms. The van der Waals surface area contributed by atoms with Gasteiger partial charge in [-0.2, -0.15) is 0 Å². The van der Waals surface area contributed by atoms with Gasteiger partial charge in [0.15, 0.2) is 0 Å². The molecule has 1 saturated heterocycles. The summed E-state index contributed by atoms with van der Waals surface area (Å²) in [5.74, 6) is -3.10. The summed E-state index contributed by atoms with van der Waals surface area (Å²) in [6.45, 7) is 2.09. The van der Waals surface area contributed by atoms with Gasteiger partial charge in [0, 0.05) is 29.6 Å². The van der Waals surface area contributed by atoms with Crippen LogP contribution in [-0.2, 0) is 14.3 Å². The summed E-state index contributed by atoms with van der Waals surface area (Å²) in [5.41, 5.74) is 0.111. The summed E-state index contributed by atoms with van der Waals surface area (Å²) in [6, 6.07) is 14.9. The number of hydrogen-bond donors (Lipinski definition) is 1. The summed E-state index contributed by atoms with van der Waals surface area (Å²) in [7, 11) is 0. The highest BCUT2D eigenvalue weighted by Gasteiger charge is 2.47. The van der Waals surface area contributed by atoms with Crippen LogP contribution in [0.4, 0.5) is 11.4 Å². The van der Waals surface area contributed by atoms with E-state index in [0.717, 1.165) is 11.0 Å². The average Bonchev–Trinajstić information content (AvgIpc) is 3.17. The van der Waals surface area contributed by atoms with E-state index < -0.39 is 34.4 Å². The van der Waals surface area contributed by atoms with Crippen molar-refractivity contribution in [3.8, 4) is 0 Å². The number of benzene rings is 2. The molecule has 1 aromatic heterocycles. The van der Waals surface area contributed by atoms with Crippen molar-refractivity contribution in [1.82, 2.24) is 4.98 Å². The van der Waals surface area contributed by atoms with E-state index in [9.17, 15) is 29.6 Å². The number of aliphatic hydroxyl groups is 1. The fourth-order valence-electron chi connectivity index (χ4n) is 3.90. The van der Waals surface area contributed by atoms with Crippen LogP contribution in [0.1, 0.15) is 41.0 Å². The van der Waals surface area contributed by atoms with E-state index in [1.807, 2.05) is 6.92 Å². The number of nitrogens with zero attached hydrogens (tertiary/aromatic N) is 3. The zero-order valence-electron chi connectivity index (χ0n) is 19.2. The number of Topliss-reactive ketones (excluding diaryl/α,β-unsaturated/α-hetero) is 1. The number of esters is 1. The Bertz CT molecular complexity index is 1390. The first-order valence-corrected chi connectivity index (χ1v) is 11.1. The summed E-state index contributed by atoms with van der Waals surface area (Å²) in [5, 5.41) is 22.3. The Balaban J connectivity index is 1.87. The van der Waals surface area contributed by atoms with Gasteiger partial charge >= 0.3 is 5.97 Å². The van der Waals surface area contributed by atoms with Crippen LogP contribution in [0.2, 0.25) is 0 Å². The molecule has 1 aliphatic heterocycles. The maximum atomic E-state index is 13.2. The van der Waals surface area contributed by atoms with Crippen LogP contribution in [0.5, 0.6) is 0 Å². The van der Waals surface area contributed by atoms with E-state index in [0.29, 0.717) is 6.42 Å². The van der Waals surface area contributed by atoms with Crippen molar-refractivity contribution in [3.63, 3.8) is 0 Å². The smallest absolute Gasteiger partial charge is 0.338 e. The van der Waals surface area contributed by atoms with Crippen molar-refractivity contribution in [2.45, 2.75) is 19.4 Å². The van der Waals surface area contributed by atoms with Crippen LogP contribution >= 0.6 is 0 Å². The Morgan fingerprint density at radius 2 is 1.83 bits per heavy atom. The number of carbonyl (C=O) groups is 3. The average molecular weight is 487 g/mol. The molecule has 0 spiro atoms. The minimum Gasteiger partial charge on any atom is -0.507 e. The number of nitro groups is 1. The van der Waals surface area contributed by atoms with Gasteiger partial charge < -0.3 is 9.84 Å². The number of non-ortho nitro benzene ring substituents is 1. The van der Waals surface area contributed by atoms with Crippen LogP contribution in [0.25, 0.3) is 5.76 Å². The molecule has 0 radical (unpaired) electrons. The van der Waals surface area contributed by atoms with E-state index in [2.05, 4.69) is 4.98 Å². The lowest BCUT2D eigenvalue weighted by atomic mass is 9.98. The monoisotopic (exact) mass is 487 g/mol. The van der Waals surface area contributed by atoms with Gasteiger partial charge in [-0.25, -0.2) is 4.79 Å². The predicted molar refractivity (Wildman–Crippen MR) is 129 cm³/mol. The van der Waals surface area contributed by atoms with Crippen molar-refractivity contribution in [3.05, 3.63) is 105 Å². The summed E-state index contributed by atoms with van der Waals surface area (Å²) in [4.78, 5) is 54.9. The molecular weight excluding hydrogens is 466 g/mol. The molecule has 4 rings (SSSR count). The molecule has 1 amide bonds. The Morgan fingerprint density at radius 1 is 1.08 bits per heavy atom. The summed E-state index contributed by atoms with van der Waals surface area (Å²) < 4.78 is 5.18. The second kappa shape index (κ2) is 10.2. The molecule has 1 fully saturated rings. The minimum absolute atomic E-state index is 0.0000234. The zero-order chi connectivity index (χ0) is 25.8. The molecule has 0 saturated carbocycles. The Labute approximate surface area is 205 Å². The maximum absolute atomic E-state index is 13.2. The highest BCUT2D eigenvalue weighted by molar-refractivity contribution is 6.51. The highest BCUT2D eigenvalue weighted by atomic mass is 16.6. The number of pyridine rings is 1. The van der Waals surface area contributed by atoms with Gasteiger partial charge in [-0.3, -0.25) is 29.6 Å². The molecule has 2 aromatic carbocycles. The summed E-state index contributed by atoms with van der Waals surface area (Å²) >= 11 is 0. The first-order valence-electron chi connectivity index (χ1n) is 11.1. The number of nitro benzene ring substituents is 1. The minimum atomic E-state index is -1.15. The van der Waals surface area contributed by atoms with Gasteiger partial charge in [-0.05, 0) is 36.8 Å². The number of carbonyl (C=O) groups excluding carboxylic acids is 3. The number of anilines is 1. The van der Waals surface area contributed by atoms with Crippen molar-refractivity contribution < 1.29 is 29.2 Å². The van der Waals surface area contributed by atoms with Gasteiger partial charge in [0.1, 0.15) is 11.8 Å². The normalized spacial score (nSPS) is 16.7. The Hall–Kier alpha value is -4.86. The lowest BCUT2D eigenvalue weighted by molar-refractivity contribution is -0.384. The fourth-order valence-corrected chi connectivity index (χ4v) is 3.90. The molecule has 1 atom stereocenters. The molecule has 1 unspecified atom stereocenters. The largest absolute Gasteiger partial charge is 0.507 e. The molecule has 10 heteroatoms. The molecule has 2 heterocycles. The van der Waals surface area contributed by atoms with Gasteiger partial charge in [0.05, 0.1) is 28.4 Å².